The number of nitrogens with zero attached hydrogens (tertiary/aromatic N) is 1. The lowest BCUT2D eigenvalue weighted by atomic mass is 10.1. The van der Waals surface area contributed by atoms with E-state index < -0.39 is 5.97 Å². The molecule has 0 aliphatic carbocycles. The molecule has 2 rings (SSSR count). The fourth-order valence-electron chi connectivity index (χ4n) is 2.04. The maximum Gasteiger partial charge on any atom is 0.355 e. The van der Waals surface area contributed by atoms with Crippen molar-refractivity contribution in [1.82, 2.24) is 15.6 Å². The molecule has 0 saturated carbocycles. The minimum atomic E-state index is -1.07. The molecule has 0 aliphatic rings. The van der Waals surface area contributed by atoms with Gasteiger partial charge >= 0.3 is 5.97 Å². The topological polar surface area (TPSA) is 108 Å². The van der Waals surface area contributed by atoms with Crippen molar-refractivity contribution < 1.29 is 19.5 Å². The minimum absolute atomic E-state index is 0.00646. The highest BCUT2D eigenvalue weighted by Gasteiger charge is 2.10. The van der Waals surface area contributed by atoms with Gasteiger partial charge in [-0.2, -0.15) is 0 Å². The molecule has 0 spiro atoms. The summed E-state index contributed by atoms with van der Waals surface area (Å²) in [5, 5.41) is 16.1. The number of hydrogen-bond acceptors (Lipinski definition) is 5. The van der Waals surface area contributed by atoms with Crippen LogP contribution in [0.3, 0.4) is 0 Å². The maximum absolute atomic E-state index is 12.0. The molecule has 3 N–H and O–H groups in total. The van der Waals surface area contributed by atoms with Crippen molar-refractivity contribution >= 4 is 29.1 Å². The number of hydrogen-bond donors (Lipinski definition) is 3. The summed E-state index contributed by atoms with van der Waals surface area (Å²) in [6.45, 7) is 4.09. The van der Waals surface area contributed by atoms with Gasteiger partial charge in [0.15, 0.2) is 5.69 Å². The Morgan fingerprint density at radius 2 is 1.92 bits per heavy atom. The van der Waals surface area contributed by atoms with Crippen molar-refractivity contribution in [3.63, 3.8) is 0 Å². The molecule has 132 valence electrons. The predicted molar refractivity (Wildman–Crippen MR) is 94.0 cm³/mol. The zero-order chi connectivity index (χ0) is 18.4. The molecule has 1 aromatic heterocycles. The third-order valence-corrected chi connectivity index (χ3v) is 4.52. The van der Waals surface area contributed by atoms with Crippen LogP contribution in [0.1, 0.15) is 37.0 Å². The van der Waals surface area contributed by atoms with Crippen LogP contribution in [0.15, 0.2) is 23.6 Å². The van der Waals surface area contributed by atoms with Crippen LogP contribution < -0.4 is 10.6 Å². The van der Waals surface area contributed by atoms with Gasteiger partial charge in [-0.15, -0.1) is 11.3 Å². The van der Waals surface area contributed by atoms with Gasteiger partial charge in [-0.3, -0.25) is 9.59 Å². The first kappa shape index (κ1) is 18.6. The highest BCUT2D eigenvalue weighted by atomic mass is 32.1. The van der Waals surface area contributed by atoms with Crippen molar-refractivity contribution in [2.24, 2.45) is 0 Å². The number of carbonyl (C=O) groups excluding carboxylic acids is 2. The van der Waals surface area contributed by atoms with Gasteiger partial charge in [0, 0.05) is 23.9 Å². The minimum Gasteiger partial charge on any atom is -0.476 e. The number of carbonyl (C=O) groups is 3. The summed E-state index contributed by atoms with van der Waals surface area (Å²) in [6.07, 6.45) is 0.439. The van der Waals surface area contributed by atoms with Gasteiger partial charge in [-0.05, 0) is 37.1 Å². The van der Waals surface area contributed by atoms with E-state index in [-0.39, 0.29) is 24.1 Å². The molecule has 0 radical (unpaired) electrons. The van der Waals surface area contributed by atoms with Crippen LogP contribution in [-0.4, -0.2) is 41.0 Å². The van der Waals surface area contributed by atoms with Gasteiger partial charge in [0.2, 0.25) is 5.91 Å². The summed E-state index contributed by atoms with van der Waals surface area (Å²) >= 11 is 1.23. The quantitative estimate of drug-likeness (QED) is 0.693. The van der Waals surface area contributed by atoms with E-state index in [9.17, 15) is 14.4 Å². The highest BCUT2D eigenvalue weighted by molar-refractivity contribution is 7.09. The number of nitrogens with one attached hydrogen (secondary N) is 2. The molecule has 8 heteroatoms. The lowest BCUT2D eigenvalue weighted by Gasteiger charge is -2.08. The van der Waals surface area contributed by atoms with Crippen LogP contribution in [0.2, 0.25) is 0 Å². The van der Waals surface area contributed by atoms with Gasteiger partial charge in [-0.1, -0.05) is 6.07 Å². The van der Waals surface area contributed by atoms with Crippen LogP contribution >= 0.6 is 11.3 Å². The molecule has 1 heterocycles. The second-order valence-corrected chi connectivity index (χ2v) is 6.46. The largest absolute Gasteiger partial charge is 0.476 e. The molecule has 0 saturated heterocycles. The third kappa shape index (κ3) is 5.39. The first-order valence-corrected chi connectivity index (χ1v) is 8.54. The average Bonchev–Trinajstić information content (AvgIpc) is 3.04. The molecule has 1 aromatic carbocycles. The zero-order valence-corrected chi connectivity index (χ0v) is 14.8. The molecule has 0 unspecified atom stereocenters. The summed E-state index contributed by atoms with van der Waals surface area (Å²) in [5.41, 5.74) is 2.63. The van der Waals surface area contributed by atoms with E-state index in [4.69, 9.17) is 5.11 Å². The summed E-state index contributed by atoms with van der Waals surface area (Å²) in [6, 6.07) is 5.37. The van der Waals surface area contributed by atoms with Crippen LogP contribution in [0.4, 0.5) is 0 Å². The second kappa shape index (κ2) is 8.39. The van der Waals surface area contributed by atoms with E-state index in [1.807, 2.05) is 19.9 Å². The lowest BCUT2D eigenvalue weighted by molar-refractivity contribution is -0.120. The van der Waals surface area contributed by atoms with Crippen molar-refractivity contribution in [1.29, 1.82) is 0 Å². The molecular formula is C17H19N3O4S. The SMILES string of the molecule is Cc1ccc(C(=O)NCC(=O)NCCc2nc(C(=O)O)cs2)cc1C. The molecule has 0 aliphatic heterocycles. The fourth-order valence-corrected chi connectivity index (χ4v) is 2.81. The molecule has 2 aromatic rings. The Morgan fingerprint density at radius 3 is 2.56 bits per heavy atom. The van der Waals surface area contributed by atoms with Crippen LogP contribution in [-0.2, 0) is 11.2 Å². The Morgan fingerprint density at radius 1 is 1.16 bits per heavy atom. The van der Waals surface area contributed by atoms with Crippen LogP contribution in [0.5, 0.6) is 0 Å². The standard InChI is InChI=1S/C17H19N3O4S/c1-10-3-4-12(7-11(10)2)16(22)19-8-14(21)18-6-5-15-20-13(9-25-15)17(23)24/h3-4,7,9H,5-6,8H2,1-2H3,(H,18,21)(H,19,22)(H,23,24). The molecule has 2 amide bonds. The van der Waals surface area contributed by atoms with Crippen LogP contribution in [0.25, 0.3) is 0 Å². The number of thiazole rings is 1. The van der Waals surface area contributed by atoms with E-state index in [1.165, 1.54) is 16.7 Å². The second-order valence-electron chi connectivity index (χ2n) is 5.51. The van der Waals surface area contributed by atoms with Crippen LogP contribution in [0, 0.1) is 13.8 Å². The van der Waals surface area contributed by atoms with Crippen molar-refractivity contribution in [2.75, 3.05) is 13.1 Å². The number of carboxylic acid groups (broad SMARTS) is 1. The Hall–Kier alpha value is -2.74. The van der Waals surface area contributed by atoms with Gasteiger partial charge in [0.25, 0.3) is 5.91 Å². The maximum atomic E-state index is 12.0. The summed E-state index contributed by atoms with van der Waals surface area (Å²) in [4.78, 5) is 38.5. The first-order chi connectivity index (χ1) is 11.9. The predicted octanol–water partition coefficient (Wildman–Crippen LogP) is 1.55. The molecule has 7 nitrogen and oxygen atoms in total. The number of carboxylic acids is 1. The number of benzene rings is 1. The molecule has 0 fully saturated rings. The fraction of sp³-hybridized carbons (Fsp3) is 0.294. The van der Waals surface area contributed by atoms with Crippen molar-refractivity contribution in [3.8, 4) is 0 Å². The number of amides is 2. The highest BCUT2D eigenvalue weighted by Crippen LogP contribution is 2.10. The normalized spacial score (nSPS) is 10.3. The monoisotopic (exact) mass is 361 g/mol. The van der Waals surface area contributed by atoms with E-state index in [2.05, 4.69) is 15.6 Å². The Kier molecular flexibility index (Phi) is 6.24. The zero-order valence-electron chi connectivity index (χ0n) is 14.0. The Balaban J connectivity index is 1.73. The van der Waals surface area contributed by atoms with Crippen molar-refractivity contribution in [3.05, 3.63) is 51.0 Å². The first-order valence-electron chi connectivity index (χ1n) is 7.66. The average molecular weight is 361 g/mol. The number of aromatic nitrogens is 1. The Labute approximate surface area is 149 Å². The van der Waals surface area contributed by atoms with Gasteiger partial charge < -0.3 is 15.7 Å². The molecule has 0 atom stereocenters. The lowest BCUT2D eigenvalue weighted by Crippen LogP contribution is -2.37. The smallest absolute Gasteiger partial charge is 0.355 e. The molecule has 25 heavy (non-hydrogen) atoms. The van der Waals surface area contributed by atoms with Crippen molar-refractivity contribution in [2.45, 2.75) is 20.3 Å². The summed E-state index contributed by atoms with van der Waals surface area (Å²) in [7, 11) is 0. The van der Waals surface area contributed by atoms with Gasteiger partial charge in [0.05, 0.1) is 11.6 Å². The number of aromatic carboxylic acids is 1. The third-order valence-electron chi connectivity index (χ3n) is 3.61. The van der Waals surface area contributed by atoms with Gasteiger partial charge in [-0.25, -0.2) is 9.78 Å². The number of rotatable bonds is 7. The molecular weight excluding hydrogens is 342 g/mol. The van der Waals surface area contributed by atoms with E-state index >= 15 is 0 Å². The molecule has 0 bridgehead atoms. The van der Waals surface area contributed by atoms with Gasteiger partial charge in [0.1, 0.15) is 0 Å². The van der Waals surface area contributed by atoms with E-state index in [1.54, 1.807) is 12.1 Å². The summed E-state index contributed by atoms with van der Waals surface area (Å²) < 4.78 is 0. The summed E-state index contributed by atoms with van der Waals surface area (Å²) in [5.74, 6) is -1.68. The Bertz CT molecular complexity index is 801. The van der Waals surface area contributed by atoms with E-state index in [0.29, 0.717) is 23.5 Å². The van der Waals surface area contributed by atoms with E-state index in [0.717, 1.165) is 11.1 Å². The number of aryl methyl sites for hydroxylation is 2.